The molecule has 0 N–H and O–H groups in total. The van der Waals surface area contributed by atoms with E-state index >= 15 is 0 Å². The molecule has 4 aliphatic rings. The van der Waals surface area contributed by atoms with Crippen LogP contribution in [0.2, 0.25) is 0 Å². The molecule has 0 spiro atoms. The molecule has 0 aromatic carbocycles. The van der Waals surface area contributed by atoms with Crippen molar-refractivity contribution in [2.45, 2.75) is 72.1 Å². The Bertz CT molecular complexity index is 775. The number of allylic oxidation sites excluding steroid dienone is 4. The normalized spacial score (nSPS) is 44.4. The van der Waals surface area contributed by atoms with Gasteiger partial charge in [-0.2, -0.15) is 0 Å². The third-order valence-corrected chi connectivity index (χ3v) is 9.42. The number of hydrogen-bond acceptors (Lipinski definition) is 1. The van der Waals surface area contributed by atoms with E-state index in [4.69, 9.17) is 0 Å². The molecule has 1 nitrogen and oxygen atoms in total. The van der Waals surface area contributed by atoms with Crippen molar-refractivity contribution < 1.29 is 0 Å². The summed E-state index contributed by atoms with van der Waals surface area (Å²) in [7, 11) is 0. The van der Waals surface area contributed by atoms with Crippen molar-refractivity contribution in [3.8, 4) is 0 Å². The SMILES string of the molecule is C[C@]12CCCC=C1CC[C@@H]1[C@@H]3CC=C(c4cccnc4)[C@@]3(C)CC[C@@]12C. The summed E-state index contributed by atoms with van der Waals surface area (Å²) < 4.78 is 0. The van der Waals surface area contributed by atoms with Gasteiger partial charge in [-0.15, -0.1) is 0 Å². The van der Waals surface area contributed by atoms with Gasteiger partial charge in [0.05, 0.1) is 0 Å². The van der Waals surface area contributed by atoms with E-state index in [1.165, 1.54) is 56.9 Å². The minimum absolute atomic E-state index is 0.347. The fourth-order valence-corrected chi connectivity index (χ4v) is 7.65. The fourth-order valence-electron chi connectivity index (χ4n) is 7.65. The summed E-state index contributed by atoms with van der Waals surface area (Å²) in [6, 6.07) is 4.37. The van der Waals surface area contributed by atoms with Crippen molar-refractivity contribution in [2.24, 2.45) is 28.1 Å². The van der Waals surface area contributed by atoms with Crippen molar-refractivity contribution in [2.75, 3.05) is 0 Å². The van der Waals surface area contributed by atoms with E-state index in [9.17, 15) is 0 Å². The maximum absolute atomic E-state index is 4.41. The molecule has 1 aromatic rings. The van der Waals surface area contributed by atoms with E-state index in [-0.39, 0.29) is 0 Å². The van der Waals surface area contributed by atoms with Gasteiger partial charge in [0.25, 0.3) is 0 Å². The molecule has 1 heterocycles. The van der Waals surface area contributed by atoms with Gasteiger partial charge < -0.3 is 0 Å². The van der Waals surface area contributed by atoms with Crippen molar-refractivity contribution in [3.05, 3.63) is 47.8 Å². The van der Waals surface area contributed by atoms with Crippen LogP contribution in [0.5, 0.6) is 0 Å². The Morgan fingerprint density at radius 1 is 1.04 bits per heavy atom. The summed E-state index contributed by atoms with van der Waals surface area (Å²) in [6.45, 7) is 7.85. The summed E-state index contributed by atoms with van der Waals surface area (Å²) in [5, 5.41) is 0. The van der Waals surface area contributed by atoms with Crippen LogP contribution in [0.3, 0.4) is 0 Å². The molecule has 0 radical (unpaired) electrons. The van der Waals surface area contributed by atoms with Crippen molar-refractivity contribution in [3.63, 3.8) is 0 Å². The van der Waals surface area contributed by atoms with E-state index in [2.05, 4.69) is 56.2 Å². The highest BCUT2D eigenvalue weighted by Crippen LogP contribution is 2.71. The number of rotatable bonds is 1. The molecule has 2 fully saturated rings. The van der Waals surface area contributed by atoms with E-state index < -0.39 is 0 Å². The van der Waals surface area contributed by atoms with Gasteiger partial charge in [-0.05, 0) is 96.7 Å². The first kappa shape index (κ1) is 16.8. The zero-order chi connectivity index (χ0) is 18.0. The van der Waals surface area contributed by atoms with E-state index in [1.54, 1.807) is 5.57 Å². The predicted octanol–water partition coefficient (Wildman–Crippen LogP) is 6.82. The highest BCUT2D eigenvalue weighted by atomic mass is 14.7. The first-order valence-corrected chi connectivity index (χ1v) is 10.8. The van der Waals surface area contributed by atoms with Crippen LogP contribution in [-0.2, 0) is 0 Å². The summed E-state index contributed by atoms with van der Waals surface area (Å²) in [6.07, 6.45) is 20.1. The minimum Gasteiger partial charge on any atom is -0.264 e. The molecule has 0 bridgehead atoms. The Kier molecular flexibility index (Phi) is 3.59. The third-order valence-electron chi connectivity index (χ3n) is 9.42. The minimum atomic E-state index is 0.347. The molecule has 0 amide bonds. The number of fused-ring (bicyclic) bond motifs is 5. The Labute approximate surface area is 159 Å². The molecule has 26 heavy (non-hydrogen) atoms. The van der Waals surface area contributed by atoms with Gasteiger partial charge in [-0.1, -0.05) is 44.6 Å². The van der Waals surface area contributed by atoms with Gasteiger partial charge >= 0.3 is 0 Å². The second-order valence-electron chi connectivity index (χ2n) is 10.1. The van der Waals surface area contributed by atoms with Crippen molar-refractivity contribution in [1.82, 2.24) is 4.98 Å². The van der Waals surface area contributed by atoms with Crippen LogP contribution in [0.15, 0.2) is 42.3 Å². The monoisotopic (exact) mass is 347 g/mol. The summed E-state index contributed by atoms with van der Waals surface area (Å²) in [4.78, 5) is 4.41. The fraction of sp³-hybridized carbons (Fsp3) is 0.640. The topological polar surface area (TPSA) is 12.9 Å². The average molecular weight is 348 g/mol. The lowest BCUT2D eigenvalue weighted by Crippen LogP contribution is -2.56. The lowest BCUT2D eigenvalue weighted by Gasteiger charge is -2.64. The Hall–Kier alpha value is -1.37. The molecule has 4 aliphatic carbocycles. The van der Waals surface area contributed by atoms with Gasteiger partial charge in [0, 0.05) is 12.4 Å². The predicted molar refractivity (Wildman–Crippen MR) is 109 cm³/mol. The number of hydrogen-bond donors (Lipinski definition) is 0. The first-order chi connectivity index (χ1) is 12.5. The Morgan fingerprint density at radius 2 is 1.92 bits per heavy atom. The second kappa shape index (κ2) is 5.57. The molecule has 0 aliphatic heterocycles. The van der Waals surface area contributed by atoms with Crippen molar-refractivity contribution >= 4 is 5.57 Å². The molecule has 138 valence electrons. The molecule has 0 unspecified atom stereocenters. The first-order valence-electron chi connectivity index (χ1n) is 10.8. The Balaban J connectivity index is 1.53. The van der Waals surface area contributed by atoms with E-state index in [1.807, 2.05) is 11.8 Å². The molecule has 1 heteroatoms. The van der Waals surface area contributed by atoms with Crippen LogP contribution in [0.4, 0.5) is 0 Å². The van der Waals surface area contributed by atoms with Gasteiger partial charge in [0.2, 0.25) is 0 Å². The van der Waals surface area contributed by atoms with E-state index in [0.717, 1.165) is 11.8 Å². The zero-order valence-electron chi connectivity index (χ0n) is 16.7. The zero-order valence-corrected chi connectivity index (χ0v) is 16.7. The Morgan fingerprint density at radius 3 is 2.73 bits per heavy atom. The van der Waals surface area contributed by atoms with Crippen LogP contribution in [0.25, 0.3) is 5.57 Å². The lowest BCUT2D eigenvalue weighted by atomic mass is 9.40. The third kappa shape index (κ3) is 2.01. The van der Waals surface area contributed by atoms with Gasteiger partial charge in [0.1, 0.15) is 0 Å². The van der Waals surface area contributed by atoms with Crippen LogP contribution >= 0.6 is 0 Å². The standard InChI is InChI=1S/C25H33N/c1-23-14-15-25(3)22(10-9-19-8-4-5-13-24(19,25)2)21(23)12-11-20(23)18-7-6-16-26-17-18/h6-8,11,16-17,21-22H,4-5,9-10,12-15H2,1-3H3/t21-,22+,23+,24-,25-/m0/s1. The summed E-state index contributed by atoms with van der Waals surface area (Å²) >= 11 is 0. The molecular weight excluding hydrogens is 314 g/mol. The smallest absolute Gasteiger partial charge is 0.0343 e. The van der Waals surface area contributed by atoms with Crippen LogP contribution < -0.4 is 0 Å². The molecule has 0 saturated heterocycles. The van der Waals surface area contributed by atoms with Crippen LogP contribution in [-0.4, -0.2) is 4.98 Å². The molecule has 5 atom stereocenters. The molecular formula is C25H33N. The highest BCUT2D eigenvalue weighted by Gasteiger charge is 2.62. The van der Waals surface area contributed by atoms with Gasteiger partial charge in [-0.3, -0.25) is 4.98 Å². The highest BCUT2D eigenvalue weighted by molar-refractivity contribution is 5.72. The van der Waals surface area contributed by atoms with Crippen molar-refractivity contribution in [1.29, 1.82) is 0 Å². The van der Waals surface area contributed by atoms with Crippen LogP contribution in [0.1, 0.15) is 77.7 Å². The van der Waals surface area contributed by atoms with Gasteiger partial charge in [-0.25, -0.2) is 0 Å². The number of nitrogens with zero attached hydrogens (tertiary/aromatic N) is 1. The summed E-state index contributed by atoms with van der Waals surface area (Å²) in [5.41, 5.74) is 6.05. The number of pyridine rings is 1. The quantitative estimate of drug-likeness (QED) is 0.508. The molecule has 1 aromatic heterocycles. The molecule has 5 rings (SSSR count). The maximum atomic E-state index is 4.41. The maximum Gasteiger partial charge on any atom is 0.0343 e. The largest absolute Gasteiger partial charge is 0.264 e. The van der Waals surface area contributed by atoms with Gasteiger partial charge in [0.15, 0.2) is 0 Å². The summed E-state index contributed by atoms with van der Waals surface area (Å²) in [5.74, 6) is 1.68. The second-order valence-corrected chi connectivity index (χ2v) is 10.1. The van der Waals surface area contributed by atoms with Crippen LogP contribution in [0, 0.1) is 28.1 Å². The number of aromatic nitrogens is 1. The molecule has 2 saturated carbocycles. The van der Waals surface area contributed by atoms with E-state index in [0.29, 0.717) is 16.2 Å². The average Bonchev–Trinajstić information content (AvgIpc) is 3.00. The lowest BCUT2D eigenvalue weighted by molar-refractivity contribution is -0.0988.